The van der Waals surface area contributed by atoms with Crippen LogP contribution in [0.1, 0.15) is 6.92 Å². The minimum Gasteiger partial charge on any atom is -0.455 e. The molecule has 0 spiro atoms. The van der Waals surface area contributed by atoms with Crippen LogP contribution in [0.5, 0.6) is 0 Å². The fraction of sp³-hybridized carbons (Fsp3) is 0.900. The zero-order valence-electron chi connectivity index (χ0n) is 9.29. The summed E-state index contributed by atoms with van der Waals surface area (Å²) in [5.74, 6) is -0.443. The molecule has 2 aliphatic heterocycles. The third kappa shape index (κ3) is 2.06. The molecule has 2 rings (SSSR count). The molecule has 2 fully saturated rings. The van der Waals surface area contributed by atoms with Crippen molar-refractivity contribution in [3.8, 4) is 0 Å². The molecule has 6 heteroatoms. The van der Waals surface area contributed by atoms with Gasteiger partial charge in [-0.05, 0) is 6.92 Å². The molecule has 6 nitrogen and oxygen atoms in total. The van der Waals surface area contributed by atoms with Crippen molar-refractivity contribution < 1.29 is 28.8 Å². The van der Waals surface area contributed by atoms with Crippen LogP contribution in [0, 0.1) is 0 Å². The van der Waals surface area contributed by atoms with E-state index in [-0.39, 0.29) is 25.4 Å². The molecule has 0 amide bonds. The highest BCUT2D eigenvalue weighted by molar-refractivity contribution is 5.74. The van der Waals surface area contributed by atoms with E-state index in [0.717, 1.165) is 0 Å². The van der Waals surface area contributed by atoms with Crippen LogP contribution < -0.4 is 0 Å². The third-order valence-corrected chi connectivity index (χ3v) is 2.93. The monoisotopic (exact) mass is 232 g/mol. The van der Waals surface area contributed by atoms with Gasteiger partial charge in [0.05, 0.1) is 13.2 Å². The van der Waals surface area contributed by atoms with E-state index in [0.29, 0.717) is 0 Å². The summed E-state index contributed by atoms with van der Waals surface area (Å²) in [6.07, 6.45) is -2.43. The van der Waals surface area contributed by atoms with Gasteiger partial charge in [-0.2, -0.15) is 0 Å². The fourth-order valence-electron chi connectivity index (χ4n) is 1.89. The molecule has 1 unspecified atom stereocenters. The molecule has 0 radical (unpaired) electrons. The lowest BCUT2D eigenvalue weighted by Crippen LogP contribution is -2.36. The summed E-state index contributed by atoms with van der Waals surface area (Å²) in [5.41, 5.74) is 0. The Labute approximate surface area is 93.4 Å². The zero-order valence-corrected chi connectivity index (χ0v) is 9.29. The molecule has 2 aliphatic rings. The highest BCUT2D eigenvalue weighted by Crippen LogP contribution is 2.28. The first-order valence-corrected chi connectivity index (χ1v) is 5.28. The number of aliphatic hydroxyl groups excluding tert-OH is 1. The minimum absolute atomic E-state index is 0.225. The number of fused-ring (bicyclic) bond motifs is 1. The van der Waals surface area contributed by atoms with E-state index in [4.69, 9.17) is 18.9 Å². The average molecular weight is 232 g/mol. The second kappa shape index (κ2) is 4.67. The Balaban J connectivity index is 1.90. The van der Waals surface area contributed by atoms with Crippen LogP contribution in [0.15, 0.2) is 0 Å². The molecule has 1 N–H and O–H groups in total. The lowest BCUT2D eigenvalue weighted by molar-refractivity contribution is -0.164. The quantitative estimate of drug-likeness (QED) is 0.635. The Morgan fingerprint density at radius 2 is 2.06 bits per heavy atom. The molecular weight excluding hydrogens is 216 g/mol. The van der Waals surface area contributed by atoms with Crippen LogP contribution in [0.3, 0.4) is 0 Å². The third-order valence-electron chi connectivity index (χ3n) is 2.93. The summed E-state index contributed by atoms with van der Waals surface area (Å²) in [4.78, 5) is 11.5. The van der Waals surface area contributed by atoms with Crippen molar-refractivity contribution >= 4 is 5.97 Å². The minimum atomic E-state index is -0.631. The van der Waals surface area contributed by atoms with Crippen molar-refractivity contribution in [2.24, 2.45) is 0 Å². The first-order chi connectivity index (χ1) is 7.63. The van der Waals surface area contributed by atoms with Crippen LogP contribution in [-0.2, 0) is 23.7 Å². The Kier molecular flexibility index (Phi) is 3.44. The fourth-order valence-corrected chi connectivity index (χ4v) is 1.89. The summed E-state index contributed by atoms with van der Waals surface area (Å²) in [6, 6.07) is 0. The van der Waals surface area contributed by atoms with Crippen LogP contribution in [0.4, 0.5) is 0 Å². The number of hydrogen-bond donors (Lipinski definition) is 1. The van der Waals surface area contributed by atoms with Crippen molar-refractivity contribution in [1.29, 1.82) is 0 Å². The van der Waals surface area contributed by atoms with E-state index < -0.39 is 24.3 Å². The maximum absolute atomic E-state index is 11.5. The van der Waals surface area contributed by atoms with Crippen LogP contribution in [0.25, 0.3) is 0 Å². The maximum Gasteiger partial charge on any atom is 0.335 e. The number of ether oxygens (including phenoxy) is 4. The number of carbonyl (C=O) groups excluding carboxylic acids is 1. The van der Waals surface area contributed by atoms with Crippen molar-refractivity contribution in [3.63, 3.8) is 0 Å². The smallest absolute Gasteiger partial charge is 0.335 e. The molecule has 0 aromatic rings. The summed E-state index contributed by atoms with van der Waals surface area (Å²) in [5, 5.41) is 9.49. The van der Waals surface area contributed by atoms with Gasteiger partial charge in [-0.25, -0.2) is 4.79 Å². The number of carbonyl (C=O) groups is 1. The van der Waals surface area contributed by atoms with E-state index in [1.165, 1.54) is 7.11 Å². The topological polar surface area (TPSA) is 74.2 Å². The molecule has 2 heterocycles. The molecule has 2 saturated heterocycles. The van der Waals surface area contributed by atoms with Gasteiger partial charge in [-0.15, -0.1) is 0 Å². The van der Waals surface area contributed by atoms with Gasteiger partial charge in [-0.1, -0.05) is 0 Å². The molecular formula is C10H16O6. The van der Waals surface area contributed by atoms with Crippen LogP contribution in [0.2, 0.25) is 0 Å². The van der Waals surface area contributed by atoms with Gasteiger partial charge in [0.15, 0.2) is 12.2 Å². The van der Waals surface area contributed by atoms with Gasteiger partial charge in [-0.3, -0.25) is 0 Å². The molecule has 0 aromatic heterocycles. The van der Waals surface area contributed by atoms with E-state index in [9.17, 15) is 9.90 Å². The van der Waals surface area contributed by atoms with Crippen molar-refractivity contribution in [1.82, 2.24) is 0 Å². The van der Waals surface area contributed by atoms with Crippen molar-refractivity contribution in [2.45, 2.75) is 37.4 Å². The average Bonchev–Trinajstić information content (AvgIpc) is 2.82. The summed E-state index contributed by atoms with van der Waals surface area (Å²) in [7, 11) is 1.44. The summed E-state index contributed by atoms with van der Waals surface area (Å²) in [6.45, 7) is 2.10. The second-order valence-corrected chi connectivity index (χ2v) is 4.02. The standard InChI is InChI=1S/C10H16O6/c1-5(13-2)10(12)16-7-4-15-8-6(11)3-14-9(7)8/h5-9,11H,3-4H2,1-2H3/t5?,6-,7+,8+,9+/m0/s1. The van der Waals surface area contributed by atoms with Gasteiger partial charge in [0.1, 0.15) is 18.3 Å². The highest BCUT2D eigenvalue weighted by atomic mass is 16.6. The Hall–Kier alpha value is -0.690. The predicted molar refractivity (Wildman–Crippen MR) is 51.8 cm³/mol. The summed E-state index contributed by atoms with van der Waals surface area (Å²) >= 11 is 0. The molecule has 5 atom stereocenters. The molecule has 0 bridgehead atoms. The van der Waals surface area contributed by atoms with Gasteiger partial charge < -0.3 is 24.1 Å². The molecule has 92 valence electrons. The van der Waals surface area contributed by atoms with Gasteiger partial charge >= 0.3 is 5.97 Å². The van der Waals surface area contributed by atoms with Gasteiger partial charge in [0, 0.05) is 7.11 Å². The largest absolute Gasteiger partial charge is 0.455 e. The maximum atomic E-state index is 11.5. The van der Waals surface area contributed by atoms with E-state index in [1.54, 1.807) is 6.92 Å². The predicted octanol–water partition coefficient (Wildman–Crippen LogP) is -0.908. The normalized spacial score (nSPS) is 39.4. The van der Waals surface area contributed by atoms with Gasteiger partial charge in [0.2, 0.25) is 0 Å². The van der Waals surface area contributed by atoms with Crippen LogP contribution >= 0.6 is 0 Å². The number of rotatable bonds is 3. The zero-order chi connectivity index (χ0) is 11.7. The molecule has 0 aliphatic carbocycles. The number of esters is 1. The number of hydrogen-bond acceptors (Lipinski definition) is 6. The second-order valence-electron chi connectivity index (χ2n) is 4.02. The van der Waals surface area contributed by atoms with E-state index in [2.05, 4.69) is 0 Å². The molecule has 16 heavy (non-hydrogen) atoms. The Bertz CT molecular complexity index is 268. The van der Waals surface area contributed by atoms with Crippen molar-refractivity contribution in [3.05, 3.63) is 0 Å². The number of aliphatic hydroxyl groups is 1. The summed E-state index contributed by atoms with van der Waals surface area (Å²) < 4.78 is 20.7. The Morgan fingerprint density at radius 1 is 1.38 bits per heavy atom. The van der Waals surface area contributed by atoms with Crippen molar-refractivity contribution in [2.75, 3.05) is 20.3 Å². The first kappa shape index (κ1) is 11.8. The lowest BCUT2D eigenvalue weighted by Gasteiger charge is -2.18. The highest BCUT2D eigenvalue weighted by Gasteiger charge is 2.49. The lowest BCUT2D eigenvalue weighted by atomic mass is 10.1. The van der Waals surface area contributed by atoms with E-state index in [1.807, 2.05) is 0 Å². The van der Waals surface area contributed by atoms with Gasteiger partial charge in [0.25, 0.3) is 0 Å². The molecule has 0 saturated carbocycles. The SMILES string of the molecule is COC(C)C(=O)O[C@@H]1CO[C@H]2[C@@H]1OC[C@@H]2O. The number of methoxy groups -OCH3 is 1. The van der Waals surface area contributed by atoms with E-state index >= 15 is 0 Å². The Morgan fingerprint density at radius 3 is 2.75 bits per heavy atom. The molecule has 0 aromatic carbocycles. The van der Waals surface area contributed by atoms with Crippen LogP contribution in [-0.4, -0.2) is 61.9 Å². The first-order valence-electron chi connectivity index (χ1n) is 5.28.